The summed E-state index contributed by atoms with van der Waals surface area (Å²) in [5.74, 6) is 0.741. The fourth-order valence-electron chi connectivity index (χ4n) is 3.03. The first-order valence-corrected chi connectivity index (χ1v) is 9.12. The highest BCUT2D eigenvalue weighted by atomic mass is 16.2. The fraction of sp³-hybridized carbons (Fsp3) is 0.474. The van der Waals surface area contributed by atoms with Gasteiger partial charge in [0.05, 0.1) is 0 Å². The molecular weight excluding hydrogens is 328 g/mol. The molecular formula is C19H26N6O. The van der Waals surface area contributed by atoms with E-state index in [1.54, 1.807) is 18.5 Å². The third-order valence-corrected chi connectivity index (χ3v) is 4.85. The first-order valence-electron chi connectivity index (χ1n) is 9.12. The second-order valence-corrected chi connectivity index (χ2v) is 6.53. The van der Waals surface area contributed by atoms with Crippen LogP contribution in [0.4, 0.5) is 5.82 Å². The fourth-order valence-corrected chi connectivity index (χ4v) is 3.03. The van der Waals surface area contributed by atoms with Crippen molar-refractivity contribution in [2.45, 2.75) is 13.3 Å². The van der Waals surface area contributed by atoms with Gasteiger partial charge in [0.1, 0.15) is 0 Å². The number of hydrogen-bond donors (Lipinski definition) is 0. The van der Waals surface area contributed by atoms with Crippen molar-refractivity contribution in [1.29, 1.82) is 0 Å². The molecule has 1 amide bonds. The minimum atomic E-state index is -0.0285. The molecule has 0 spiro atoms. The van der Waals surface area contributed by atoms with Crippen molar-refractivity contribution in [3.05, 3.63) is 47.9 Å². The van der Waals surface area contributed by atoms with Crippen molar-refractivity contribution in [2.75, 3.05) is 51.2 Å². The van der Waals surface area contributed by atoms with Gasteiger partial charge >= 0.3 is 0 Å². The van der Waals surface area contributed by atoms with Gasteiger partial charge in [-0.3, -0.25) is 9.78 Å². The van der Waals surface area contributed by atoms with Crippen LogP contribution in [0.25, 0.3) is 0 Å². The summed E-state index contributed by atoms with van der Waals surface area (Å²) in [5.41, 5.74) is 1.65. The van der Waals surface area contributed by atoms with Crippen molar-refractivity contribution in [2.24, 2.45) is 0 Å². The summed E-state index contributed by atoms with van der Waals surface area (Å²) >= 11 is 0. The van der Waals surface area contributed by atoms with Gasteiger partial charge in [0.15, 0.2) is 11.5 Å². The maximum atomic E-state index is 12.6. The zero-order valence-corrected chi connectivity index (χ0v) is 15.5. The Bertz CT molecular complexity index is 698. The van der Waals surface area contributed by atoms with Crippen LogP contribution in [0.5, 0.6) is 0 Å². The predicted octanol–water partition coefficient (Wildman–Crippen LogP) is 1.33. The van der Waals surface area contributed by atoms with Gasteiger partial charge in [-0.2, -0.15) is 0 Å². The van der Waals surface area contributed by atoms with Gasteiger partial charge < -0.3 is 14.7 Å². The molecule has 1 aliphatic heterocycles. The Hall–Kier alpha value is -2.54. The molecule has 0 aliphatic carbocycles. The molecule has 0 unspecified atom stereocenters. The molecule has 2 aromatic rings. The number of hydrogen-bond acceptors (Lipinski definition) is 6. The molecule has 0 bridgehead atoms. The summed E-state index contributed by atoms with van der Waals surface area (Å²) in [6.45, 7) is 7.35. The Morgan fingerprint density at radius 3 is 2.42 bits per heavy atom. The number of piperazine rings is 1. The molecule has 138 valence electrons. The van der Waals surface area contributed by atoms with Crippen molar-refractivity contribution >= 4 is 11.7 Å². The smallest absolute Gasteiger partial charge is 0.274 e. The van der Waals surface area contributed by atoms with Crippen molar-refractivity contribution in [3.8, 4) is 0 Å². The third kappa shape index (κ3) is 4.54. The average Bonchev–Trinajstić information content (AvgIpc) is 2.72. The minimum Gasteiger partial charge on any atom is -0.358 e. The van der Waals surface area contributed by atoms with Crippen LogP contribution in [0.15, 0.2) is 36.7 Å². The lowest BCUT2D eigenvalue weighted by molar-refractivity contribution is 0.0636. The molecule has 0 saturated carbocycles. The lowest BCUT2D eigenvalue weighted by Gasteiger charge is -2.33. The molecule has 1 saturated heterocycles. The molecule has 3 rings (SSSR count). The SMILES string of the molecule is CCN1CCN(C(=O)c2ccc(N(C)CCc3ccncc3)nn2)CC1. The van der Waals surface area contributed by atoms with Crippen LogP contribution in [-0.4, -0.2) is 77.2 Å². The number of likely N-dealkylation sites (N-methyl/N-ethyl adjacent to an activating group) is 2. The molecule has 7 nitrogen and oxygen atoms in total. The van der Waals surface area contributed by atoms with Gasteiger partial charge in [-0.25, -0.2) is 0 Å². The van der Waals surface area contributed by atoms with E-state index in [-0.39, 0.29) is 5.91 Å². The maximum absolute atomic E-state index is 12.6. The molecule has 1 fully saturated rings. The molecule has 0 aromatic carbocycles. The standard InChI is InChI=1S/C19H26N6O/c1-3-24-12-14-25(15-13-24)19(26)17-4-5-18(22-21-17)23(2)11-8-16-6-9-20-10-7-16/h4-7,9-10H,3,8,11-15H2,1-2H3. The van der Waals surface area contributed by atoms with E-state index in [1.165, 1.54) is 5.56 Å². The van der Waals surface area contributed by atoms with Crippen LogP contribution in [0, 0.1) is 0 Å². The van der Waals surface area contributed by atoms with E-state index in [1.807, 2.05) is 35.0 Å². The zero-order chi connectivity index (χ0) is 18.4. The van der Waals surface area contributed by atoms with Crippen LogP contribution in [0.2, 0.25) is 0 Å². The first kappa shape index (κ1) is 18.3. The highest BCUT2D eigenvalue weighted by Crippen LogP contribution is 2.11. The van der Waals surface area contributed by atoms with Crippen LogP contribution in [0.1, 0.15) is 23.0 Å². The number of rotatable bonds is 6. The minimum absolute atomic E-state index is 0.0285. The molecule has 0 atom stereocenters. The monoisotopic (exact) mass is 354 g/mol. The Balaban J connectivity index is 1.55. The molecule has 26 heavy (non-hydrogen) atoms. The number of anilines is 1. The van der Waals surface area contributed by atoms with Crippen molar-refractivity contribution < 1.29 is 4.79 Å². The number of nitrogens with zero attached hydrogens (tertiary/aromatic N) is 6. The molecule has 7 heteroatoms. The number of pyridine rings is 1. The topological polar surface area (TPSA) is 65.5 Å². The molecule has 0 N–H and O–H groups in total. The van der Waals surface area contributed by atoms with Gasteiger partial charge in [-0.15, -0.1) is 10.2 Å². The van der Waals surface area contributed by atoms with Gasteiger partial charge in [0.25, 0.3) is 5.91 Å². The largest absolute Gasteiger partial charge is 0.358 e. The molecule has 0 radical (unpaired) electrons. The third-order valence-electron chi connectivity index (χ3n) is 4.85. The molecule has 1 aliphatic rings. The lowest BCUT2D eigenvalue weighted by atomic mass is 10.2. The summed E-state index contributed by atoms with van der Waals surface area (Å²) in [4.78, 5) is 22.9. The normalized spacial score (nSPS) is 15.1. The first-order chi connectivity index (χ1) is 12.7. The average molecular weight is 354 g/mol. The number of aromatic nitrogens is 3. The maximum Gasteiger partial charge on any atom is 0.274 e. The van der Waals surface area contributed by atoms with Gasteiger partial charge in [-0.05, 0) is 42.8 Å². The number of carbonyl (C=O) groups is 1. The summed E-state index contributed by atoms with van der Waals surface area (Å²) in [6.07, 6.45) is 4.51. The lowest BCUT2D eigenvalue weighted by Crippen LogP contribution is -2.48. The highest BCUT2D eigenvalue weighted by molar-refractivity contribution is 5.92. The summed E-state index contributed by atoms with van der Waals surface area (Å²) in [6, 6.07) is 7.67. The predicted molar refractivity (Wildman–Crippen MR) is 101 cm³/mol. The van der Waals surface area contributed by atoms with E-state index in [0.717, 1.165) is 51.5 Å². The van der Waals surface area contributed by atoms with E-state index < -0.39 is 0 Å². The van der Waals surface area contributed by atoms with Crippen molar-refractivity contribution in [3.63, 3.8) is 0 Å². The Labute approximate surface area is 154 Å². The van der Waals surface area contributed by atoms with Crippen LogP contribution >= 0.6 is 0 Å². The Kier molecular flexibility index (Phi) is 6.12. The number of amides is 1. The molecule has 2 aromatic heterocycles. The summed E-state index contributed by atoms with van der Waals surface area (Å²) in [7, 11) is 1.98. The second kappa shape index (κ2) is 8.71. The van der Waals surface area contributed by atoms with E-state index in [4.69, 9.17) is 0 Å². The highest BCUT2D eigenvalue weighted by Gasteiger charge is 2.22. The van der Waals surface area contributed by atoms with E-state index >= 15 is 0 Å². The van der Waals surface area contributed by atoms with Gasteiger partial charge in [0.2, 0.25) is 0 Å². The van der Waals surface area contributed by atoms with Gasteiger partial charge in [0, 0.05) is 52.2 Å². The zero-order valence-electron chi connectivity index (χ0n) is 15.5. The van der Waals surface area contributed by atoms with Crippen LogP contribution in [-0.2, 0) is 6.42 Å². The summed E-state index contributed by atoms with van der Waals surface area (Å²) < 4.78 is 0. The number of carbonyl (C=O) groups excluding carboxylic acids is 1. The summed E-state index contributed by atoms with van der Waals surface area (Å²) in [5, 5.41) is 8.41. The molecule has 3 heterocycles. The van der Waals surface area contributed by atoms with Crippen LogP contribution < -0.4 is 4.90 Å². The second-order valence-electron chi connectivity index (χ2n) is 6.53. The van der Waals surface area contributed by atoms with Crippen molar-refractivity contribution in [1.82, 2.24) is 25.0 Å². The quantitative estimate of drug-likeness (QED) is 0.780. The van der Waals surface area contributed by atoms with E-state index in [9.17, 15) is 4.79 Å². The Morgan fingerprint density at radius 2 is 1.81 bits per heavy atom. The van der Waals surface area contributed by atoms with Crippen LogP contribution in [0.3, 0.4) is 0 Å². The van der Waals surface area contributed by atoms with Gasteiger partial charge in [-0.1, -0.05) is 6.92 Å². The van der Waals surface area contributed by atoms with E-state index in [0.29, 0.717) is 5.69 Å². The van der Waals surface area contributed by atoms with E-state index in [2.05, 4.69) is 27.0 Å². The Morgan fingerprint density at radius 1 is 1.08 bits per heavy atom.